The summed E-state index contributed by atoms with van der Waals surface area (Å²) >= 11 is 0. The predicted octanol–water partition coefficient (Wildman–Crippen LogP) is 2.30. The maximum Gasteiger partial charge on any atom is 0.144 e. The van der Waals surface area contributed by atoms with Gasteiger partial charge in [0.25, 0.3) is 0 Å². The molecule has 0 radical (unpaired) electrons. The summed E-state index contributed by atoms with van der Waals surface area (Å²) in [4.78, 5) is 11.1. The largest absolute Gasteiger partial charge is 0.377 e. The Labute approximate surface area is 121 Å². The van der Waals surface area contributed by atoms with E-state index in [0.717, 1.165) is 44.2 Å². The molecule has 5 heteroatoms. The van der Waals surface area contributed by atoms with Gasteiger partial charge in [0.1, 0.15) is 5.82 Å². The van der Waals surface area contributed by atoms with Crippen LogP contribution < -0.4 is 5.32 Å². The first-order chi connectivity index (χ1) is 9.78. The van der Waals surface area contributed by atoms with Crippen molar-refractivity contribution in [3.63, 3.8) is 0 Å². The van der Waals surface area contributed by atoms with Crippen LogP contribution in [0.5, 0.6) is 0 Å². The summed E-state index contributed by atoms with van der Waals surface area (Å²) < 4.78 is 5.76. The number of anilines is 1. The number of aromatic nitrogens is 2. The van der Waals surface area contributed by atoms with Gasteiger partial charge in [-0.1, -0.05) is 6.92 Å². The van der Waals surface area contributed by atoms with E-state index < -0.39 is 0 Å². The Hall–Kier alpha value is -1.20. The van der Waals surface area contributed by atoms with Crippen molar-refractivity contribution in [1.82, 2.24) is 14.9 Å². The monoisotopic (exact) mass is 278 g/mol. The zero-order chi connectivity index (χ0) is 14.2. The van der Waals surface area contributed by atoms with Crippen LogP contribution in [0.2, 0.25) is 0 Å². The molecule has 0 spiro atoms. The molecular formula is C15H26N4O. The Bertz CT molecular complexity index is 376. The third-order valence-corrected chi connectivity index (χ3v) is 3.48. The number of rotatable bonds is 7. The van der Waals surface area contributed by atoms with Crippen LogP contribution >= 0.6 is 0 Å². The Morgan fingerprint density at radius 2 is 2.25 bits per heavy atom. The lowest BCUT2D eigenvalue weighted by molar-refractivity contribution is -0.00275. The lowest BCUT2D eigenvalue weighted by atomic mass is 10.1. The van der Waals surface area contributed by atoms with Crippen LogP contribution in [0.4, 0.5) is 5.82 Å². The first kappa shape index (κ1) is 15.2. The van der Waals surface area contributed by atoms with Gasteiger partial charge in [0.2, 0.25) is 0 Å². The molecule has 1 fully saturated rings. The van der Waals surface area contributed by atoms with Gasteiger partial charge in [0.05, 0.1) is 24.2 Å². The summed E-state index contributed by atoms with van der Waals surface area (Å²) in [5, 5.41) is 3.23. The zero-order valence-electron chi connectivity index (χ0n) is 12.6. The second-order valence-corrected chi connectivity index (χ2v) is 5.51. The lowest BCUT2D eigenvalue weighted by Crippen LogP contribution is -2.33. The van der Waals surface area contributed by atoms with E-state index in [2.05, 4.69) is 34.2 Å². The average molecular weight is 278 g/mol. The van der Waals surface area contributed by atoms with Gasteiger partial charge in [0, 0.05) is 26.2 Å². The van der Waals surface area contributed by atoms with E-state index in [1.54, 1.807) is 0 Å². The van der Waals surface area contributed by atoms with Gasteiger partial charge >= 0.3 is 0 Å². The molecule has 1 aliphatic rings. The lowest BCUT2D eigenvalue weighted by Gasteiger charge is -2.27. The molecule has 0 aliphatic carbocycles. The van der Waals surface area contributed by atoms with Crippen LogP contribution in [0, 0.1) is 0 Å². The number of likely N-dealkylation sites (N-methyl/N-ethyl adjacent to an activating group) is 1. The SMILES string of the molecule is CCCNc1cnc(CN(C)CC2CCCCO2)cn1. The third kappa shape index (κ3) is 5.06. The number of nitrogens with zero attached hydrogens (tertiary/aromatic N) is 3. The molecule has 20 heavy (non-hydrogen) atoms. The predicted molar refractivity (Wildman–Crippen MR) is 80.7 cm³/mol. The summed E-state index contributed by atoms with van der Waals surface area (Å²) in [6.07, 6.45) is 8.82. The van der Waals surface area contributed by atoms with Gasteiger partial charge in [-0.3, -0.25) is 9.88 Å². The van der Waals surface area contributed by atoms with Crippen molar-refractivity contribution < 1.29 is 4.74 Å². The fourth-order valence-electron chi connectivity index (χ4n) is 2.42. The van der Waals surface area contributed by atoms with E-state index in [1.165, 1.54) is 19.3 Å². The standard InChI is InChI=1S/C15H26N4O/c1-3-7-16-15-10-17-13(9-18-15)11-19(2)12-14-6-4-5-8-20-14/h9-10,14H,3-8,11-12H2,1-2H3,(H,16,18). The van der Waals surface area contributed by atoms with Crippen LogP contribution in [0.3, 0.4) is 0 Å². The van der Waals surface area contributed by atoms with Crippen molar-refractivity contribution in [2.24, 2.45) is 0 Å². The molecule has 1 aliphatic heterocycles. The molecular weight excluding hydrogens is 252 g/mol. The smallest absolute Gasteiger partial charge is 0.144 e. The fraction of sp³-hybridized carbons (Fsp3) is 0.733. The highest BCUT2D eigenvalue weighted by molar-refractivity contribution is 5.30. The summed E-state index contributed by atoms with van der Waals surface area (Å²) in [6.45, 7) is 5.78. The van der Waals surface area contributed by atoms with E-state index in [9.17, 15) is 0 Å². The first-order valence-electron chi connectivity index (χ1n) is 7.63. The molecule has 1 saturated heterocycles. The molecule has 2 heterocycles. The number of ether oxygens (including phenoxy) is 1. The van der Waals surface area contributed by atoms with E-state index in [1.807, 2.05) is 12.4 Å². The van der Waals surface area contributed by atoms with E-state index >= 15 is 0 Å². The topological polar surface area (TPSA) is 50.3 Å². The van der Waals surface area contributed by atoms with Crippen molar-refractivity contribution in [2.75, 3.05) is 32.1 Å². The van der Waals surface area contributed by atoms with Crippen LogP contribution in [0.15, 0.2) is 12.4 Å². The van der Waals surface area contributed by atoms with Crippen LogP contribution in [-0.2, 0) is 11.3 Å². The zero-order valence-corrected chi connectivity index (χ0v) is 12.6. The fourth-order valence-corrected chi connectivity index (χ4v) is 2.42. The summed E-state index contributed by atoms with van der Waals surface area (Å²) in [5.41, 5.74) is 1.00. The molecule has 5 nitrogen and oxygen atoms in total. The highest BCUT2D eigenvalue weighted by Gasteiger charge is 2.16. The maximum atomic E-state index is 5.76. The third-order valence-electron chi connectivity index (χ3n) is 3.48. The van der Waals surface area contributed by atoms with E-state index in [0.29, 0.717) is 6.10 Å². The van der Waals surface area contributed by atoms with Gasteiger partial charge in [-0.2, -0.15) is 0 Å². The maximum absolute atomic E-state index is 5.76. The van der Waals surface area contributed by atoms with Crippen LogP contribution in [0.25, 0.3) is 0 Å². The highest BCUT2D eigenvalue weighted by Crippen LogP contribution is 2.14. The minimum atomic E-state index is 0.382. The molecule has 2 rings (SSSR count). The molecule has 0 amide bonds. The van der Waals surface area contributed by atoms with Gasteiger partial charge in [-0.15, -0.1) is 0 Å². The Morgan fingerprint density at radius 1 is 1.35 bits per heavy atom. The molecule has 0 aromatic carbocycles. The number of hydrogen-bond acceptors (Lipinski definition) is 5. The molecule has 1 aromatic rings. The minimum Gasteiger partial charge on any atom is -0.377 e. The van der Waals surface area contributed by atoms with Gasteiger partial charge in [-0.25, -0.2) is 4.98 Å². The van der Waals surface area contributed by atoms with Crippen molar-refractivity contribution in [3.05, 3.63) is 18.1 Å². The average Bonchev–Trinajstić information content (AvgIpc) is 2.47. The van der Waals surface area contributed by atoms with E-state index in [4.69, 9.17) is 4.74 Å². The molecule has 1 N–H and O–H groups in total. The highest BCUT2D eigenvalue weighted by atomic mass is 16.5. The van der Waals surface area contributed by atoms with Gasteiger partial charge in [0.15, 0.2) is 0 Å². The van der Waals surface area contributed by atoms with E-state index in [-0.39, 0.29) is 0 Å². The van der Waals surface area contributed by atoms with Crippen molar-refractivity contribution in [2.45, 2.75) is 45.3 Å². The quantitative estimate of drug-likeness (QED) is 0.829. The Kier molecular flexibility index (Phi) is 6.21. The molecule has 0 bridgehead atoms. The van der Waals surface area contributed by atoms with Gasteiger partial charge < -0.3 is 10.1 Å². The van der Waals surface area contributed by atoms with Crippen molar-refractivity contribution in [1.29, 1.82) is 0 Å². The summed E-state index contributed by atoms with van der Waals surface area (Å²) in [6, 6.07) is 0. The second-order valence-electron chi connectivity index (χ2n) is 5.51. The summed E-state index contributed by atoms with van der Waals surface area (Å²) in [7, 11) is 2.11. The number of hydrogen-bond donors (Lipinski definition) is 1. The summed E-state index contributed by atoms with van der Waals surface area (Å²) in [5.74, 6) is 0.855. The minimum absolute atomic E-state index is 0.382. The molecule has 1 unspecified atom stereocenters. The Morgan fingerprint density at radius 3 is 2.90 bits per heavy atom. The Balaban J connectivity index is 1.76. The second kappa shape index (κ2) is 8.17. The molecule has 112 valence electrons. The number of nitrogens with one attached hydrogen (secondary N) is 1. The molecule has 0 saturated carbocycles. The van der Waals surface area contributed by atoms with Gasteiger partial charge in [-0.05, 0) is 32.7 Å². The van der Waals surface area contributed by atoms with Crippen molar-refractivity contribution in [3.8, 4) is 0 Å². The van der Waals surface area contributed by atoms with Crippen LogP contribution in [-0.4, -0.2) is 47.7 Å². The normalized spacial score (nSPS) is 19.2. The van der Waals surface area contributed by atoms with Crippen LogP contribution in [0.1, 0.15) is 38.3 Å². The molecule has 1 atom stereocenters. The first-order valence-corrected chi connectivity index (χ1v) is 7.63. The molecule has 1 aromatic heterocycles. The van der Waals surface area contributed by atoms with Crippen molar-refractivity contribution >= 4 is 5.82 Å².